The van der Waals surface area contributed by atoms with Crippen LogP contribution in [0.4, 0.5) is 5.82 Å². The molecule has 0 amide bonds. The summed E-state index contributed by atoms with van der Waals surface area (Å²) in [5.41, 5.74) is 13.6. The third kappa shape index (κ3) is 3.80. The highest BCUT2D eigenvalue weighted by Gasteiger charge is 2.13. The lowest BCUT2D eigenvalue weighted by Gasteiger charge is -2.17. The maximum atomic E-state index is 9.11. The van der Waals surface area contributed by atoms with Crippen molar-refractivity contribution in [3.05, 3.63) is 77.1 Å². The summed E-state index contributed by atoms with van der Waals surface area (Å²) in [6.07, 6.45) is 0. The zero-order valence-electron chi connectivity index (χ0n) is 18.0. The number of anilines is 1. The number of aryl methyl sites for hydroxylation is 1. The molecule has 3 aromatic heterocycles. The normalized spacial score (nSPS) is 11.4. The molecule has 0 saturated heterocycles. The second kappa shape index (κ2) is 7.84. The van der Waals surface area contributed by atoms with Gasteiger partial charge >= 0.3 is 0 Å². The van der Waals surface area contributed by atoms with E-state index in [0.29, 0.717) is 17.0 Å². The van der Waals surface area contributed by atoms with Crippen molar-refractivity contribution in [1.82, 2.24) is 24.8 Å². The van der Waals surface area contributed by atoms with Gasteiger partial charge in [0.05, 0.1) is 17.1 Å². The van der Waals surface area contributed by atoms with Gasteiger partial charge < -0.3 is 15.7 Å². The minimum absolute atomic E-state index is 0.445. The minimum Gasteiger partial charge on any atom is -0.384 e. The largest absolute Gasteiger partial charge is 0.384 e. The first kappa shape index (κ1) is 19.8. The Hall–Kier alpha value is -4.15. The van der Waals surface area contributed by atoms with Gasteiger partial charge in [-0.2, -0.15) is 5.26 Å². The fourth-order valence-electron chi connectivity index (χ4n) is 4.18. The van der Waals surface area contributed by atoms with E-state index >= 15 is 0 Å². The molecule has 158 valence electrons. The van der Waals surface area contributed by atoms with Crippen LogP contribution < -0.4 is 5.73 Å². The van der Waals surface area contributed by atoms with E-state index in [1.807, 2.05) is 31.2 Å². The first-order valence-electron chi connectivity index (χ1n) is 10.4. The summed E-state index contributed by atoms with van der Waals surface area (Å²) < 4.78 is 0. The van der Waals surface area contributed by atoms with Crippen LogP contribution in [-0.2, 0) is 13.1 Å². The lowest BCUT2D eigenvalue weighted by molar-refractivity contribution is 0.319. The fraction of sp³-hybridized carbons (Fsp3) is 0.160. The summed E-state index contributed by atoms with van der Waals surface area (Å²) in [5, 5.41) is 10.2. The molecule has 32 heavy (non-hydrogen) atoms. The fourth-order valence-corrected chi connectivity index (χ4v) is 4.18. The van der Waals surface area contributed by atoms with Crippen LogP contribution in [0.25, 0.3) is 33.3 Å². The van der Waals surface area contributed by atoms with Gasteiger partial charge in [-0.1, -0.05) is 18.2 Å². The molecule has 5 aromatic rings. The summed E-state index contributed by atoms with van der Waals surface area (Å²) in [6, 6.07) is 20.4. The number of nitrogen functional groups attached to an aromatic ring is 1. The number of nitrogens with one attached hydrogen (secondary N) is 2. The molecular weight excluding hydrogens is 398 g/mol. The highest BCUT2D eigenvalue weighted by molar-refractivity contribution is 5.95. The molecule has 0 aliphatic rings. The SMILES string of the molecule is Cc1nc2nc(N)cc(-c3cc4cc(CN(C)Cc5cccc(C#N)c5)ccc4[nH]3)c2[nH]1. The second-order valence-corrected chi connectivity index (χ2v) is 8.20. The number of hydrogen-bond acceptors (Lipinski definition) is 5. The number of benzene rings is 2. The minimum atomic E-state index is 0.445. The molecule has 3 heterocycles. The molecule has 0 spiro atoms. The smallest absolute Gasteiger partial charge is 0.180 e. The predicted molar refractivity (Wildman–Crippen MR) is 127 cm³/mol. The number of pyridine rings is 1. The van der Waals surface area contributed by atoms with E-state index in [2.05, 4.69) is 68.3 Å². The second-order valence-electron chi connectivity index (χ2n) is 8.20. The highest BCUT2D eigenvalue weighted by Crippen LogP contribution is 2.30. The summed E-state index contributed by atoms with van der Waals surface area (Å²) in [6.45, 7) is 3.49. The summed E-state index contributed by atoms with van der Waals surface area (Å²) in [7, 11) is 2.09. The average molecular weight is 422 g/mol. The number of rotatable bonds is 5. The molecule has 7 heteroatoms. The Bertz CT molecular complexity index is 1490. The Morgan fingerprint density at radius 1 is 1.00 bits per heavy atom. The zero-order chi connectivity index (χ0) is 22.2. The lowest BCUT2D eigenvalue weighted by atomic mass is 10.1. The third-order valence-electron chi connectivity index (χ3n) is 5.54. The number of imidazole rings is 1. The van der Waals surface area contributed by atoms with Crippen LogP contribution in [-0.4, -0.2) is 31.9 Å². The van der Waals surface area contributed by atoms with Gasteiger partial charge in [-0.05, 0) is 61.5 Å². The maximum Gasteiger partial charge on any atom is 0.180 e. The van der Waals surface area contributed by atoms with Crippen molar-refractivity contribution in [2.75, 3.05) is 12.8 Å². The van der Waals surface area contributed by atoms with Crippen LogP contribution in [0.2, 0.25) is 0 Å². The predicted octanol–water partition coefficient (Wildman–Crippen LogP) is 4.50. The van der Waals surface area contributed by atoms with Crippen LogP contribution in [0.3, 0.4) is 0 Å². The number of H-pyrrole nitrogens is 2. The average Bonchev–Trinajstić information content (AvgIpc) is 3.35. The molecular formula is C25H23N7. The van der Waals surface area contributed by atoms with Crippen LogP contribution in [0.15, 0.2) is 54.6 Å². The van der Waals surface area contributed by atoms with E-state index in [9.17, 15) is 0 Å². The van der Waals surface area contributed by atoms with E-state index in [1.165, 1.54) is 5.56 Å². The van der Waals surface area contributed by atoms with Gasteiger partial charge in [-0.15, -0.1) is 0 Å². The van der Waals surface area contributed by atoms with Gasteiger partial charge in [-0.3, -0.25) is 4.90 Å². The first-order valence-corrected chi connectivity index (χ1v) is 10.4. The van der Waals surface area contributed by atoms with Crippen LogP contribution in [0, 0.1) is 18.3 Å². The van der Waals surface area contributed by atoms with Crippen molar-refractivity contribution in [2.45, 2.75) is 20.0 Å². The molecule has 4 N–H and O–H groups in total. The van der Waals surface area contributed by atoms with E-state index in [1.54, 1.807) is 0 Å². The zero-order valence-corrected chi connectivity index (χ0v) is 18.0. The summed E-state index contributed by atoms with van der Waals surface area (Å²) >= 11 is 0. The van der Waals surface area contributed by atoms with Crippen molar-refractivity contribution in [3.63, 3.8) is 0 Å². The quantitative estimate of drug-likeness (QED) is 0.387. The Morgan fingerprint density at radius 2 is 1.81 bits per heavy atom. The monoisotopic (exact) mass is 421 g/mol. The lowest BCUT2D eigenvalue weighted by Crippen LogP contribution is -2.17. The topological polar surface area (TPSA) is 110 Å². The molecule has 0 aliphatic carbocycles. The molecule has 0 unspecified atom stereocenters. The van der Waals surface area contributed by atoms with Gasteiger partial charge in [0.1, 0.15) is 11.6 Å². The molecule has 0 aliphatic heterocycles. The van der Waals surface area contributed by atoms with Crippen molar-refractivity contribution >= 4 is 27.9 Å². The van der Waals surface area contributed by atoms with Gasteiger partial charge in [0.2, 0.25) is 0 Å². The standard InChI is InChI=1S/C25H23N7/c1-15-28-24-20(11-23(27)31-25(24)29-15)22-10-19-9-18(6-7-21(19)30-22)14-32(2)13-17-5-3-4-16(8-17)12-26/h3-11,30H,13-14H2,1-2H3,(H3,27,28,29,31). The van der Waals surface area contributed by atoms with Gasteiger partial charge in [-0.25, -0.2) is 9.97 Å². The van der Waals surface area contributed by atoms with Crippen molar-refractivity contribution in [3.8, 4) is 17.3 Å². The molecule has 5 rings (SSSR count). The molecule has 0 atom stereocenters. The number of hydrogen-bond donors (Lipinski definition) is 3. The van der Waals surface area contributed by atoms with E-state index in [-0.39, 0.29) is 0 Å². The van der Waals surface area contributed by atoms with Crippen molar-refractivity contribution in [1.29, 1.82) is 5.26 Å². The van der Waals surface area contributed by atoms with Crippen LogP contribution in [0.5, 0.6) is 0 Å². The molecule has 0 saturated carbocycles. The van der Waals surface area contributed by atoms with E-state index in [0.717, 1.165) is 52.2 Å². The first-order chi connectivity index (χ1) is 15.5. The number of fused-ring (bicyclic) bond motifs is 2. The van der Waals surface area contributed by atoms with Gasteiger partial charge in [0, 0.05) is 35.2 Å². The highest BCUT2D eigenvalue weighted by atomic mass is 15.1. The Kier molecular flexibility index (Phi) is 4.85. The number of aromatic nitrogens is 4. The molecule has 0 bridgehead atoms. The molecule has 0 radical (unpaired) electrons. The number of aromatic amines is 2. The maximum absolute atomic E-state index is 9.11. The summed E-state index contributed by atoms with van der Waals surface area (Å²) in [5.74, 6) is 1.25. The molecule has 0 fully saturated rings. The molecule has 2 aromatic carbocycles. The number of nitrogens with zero attached hydrogens (tertiary/aromatic N) is 4. The number of nitriles is 1. The summed E-state index contributed by atoms with van der Waals surface area (Å²) in [4.78, 5) is 17.8. The Labute approximate surface area is 185 Å². The van der Waals surface area contributed by atoms with Crippen LogP contribution in [0.1, 0.15) is 22.5 Å². The van der Waals surface area contributed by atoms with Gasteiger partial charge in [0.15, 0.2) is 5.65 Å². The molecule has 7 nitrogen and oxygen atoms in total. The Morgan fingerprint density at radius 3 is 2.62 bits per heavy atom. The van der Waals surface area contributed by atoms with Gasteiger partial charge in [0.25, 0.3) is 0 Å². The number of nitrogens with two attached hydrogens (primary N) is 1. The van der Waals surface area contributed by atoms with Crippen molar-refractivity contribution < 1.29 is 0 Å². The van der Waals surface area contributed by atoms with Crippen LogP contribution >= 0.6 is 0 Å². The third-order valence-corrected chi connectivity index (χ3v) is 5.54. The van der Waals surface area contributed by atoms with E-state index in [4.69, 9.17) is 11.0 Å². The van der Waals surface area contributed by atoms with E-state index < -0.39 is 0 Å². The Balaban J connectivity index is 1.42. The van der Waals surface area contributed by atoms with Crippen molar-refractivity contribution in [2.24, 2.45) is 0 Å².